The number of carbonyl (C=O) groups is 1. The number of ether oxygens (including phenoxy) is 1. The lowest BCUT2D eigenvalue weighted by Crippen LogP contribution is -2.16. The molecule has 1 N–H and O–H groups in total. The first kappa shape index (κ1) is 23.2. The van der Waals surface area contributed by atoms with Gasteiger partial charge in [-0.05, 0) is 41.5 Å². The summed E-state index contributed by atoms with van der Waals surface area (Å²) in [5.41, 5.74) is 5.55. The number of nitro groups is 1. The SMILES string of the molecule is Cc1ccc(COc2ccc3ccccc3c2C=NNC(=O)c2cc3cc([N+](=O)[O-])ccc3s2)cc1. The first-order valence-electron chi connectivity index (χ1n) is 11.2. The molecule has 1 heterocycles. The molecule has 178 valence electrons. The number of carbonyl (C=O) groups excluding carboxylic acids is 1. The molecule has 5 aromatic rings. The van der Waals surface area contributed by atoms with Gasteiger partial charge in [-0.1, -0.05) is 60.2 Å². The van der Waals surface area contributed by atoms with Crippen molar-refractivity contribution in [3.8, 4) is 5.75 Å². The molecule has 5 rings (SSSR count). The highest BCUT2D eigenvalue weighted by atomic mass is 32.1. The Bertz CT molecular complexity index is 1620. The number of hydrogen-bond acceptors (Lipinski definition) is 6. The smallest absolute Gasteiger partial charge is 0.281 e. The van der Waals surface area contributed by atoms with Crippen LogP contribution in [0.1, 0.15) is 26.4 Å². The molecule has 0 fully saturated rings. The fourth-order valence-corrected chi connectivity index (χ4v) is 4.78. The first-order valence-corrected chi connectivity index (χ1v) is 12.0. The van der Waals surface area contributed by atoms with Crippen molar-refractivity contribution in [1.82, 2.24) is 5.43 Å². The normalized spacial score (nSPS) is 11.2. The van der Waals surface area contributed by atoms with E-state index in [-0.39, 0.29) is 5.69 Å². The minimum absolute atomic E-state index is 0.0144. The van der Waals surface area contributed by atoms with E-state index in [1.165, 1.54) is 29.0 Å². The van der Waals surface area contributed by atoms with E-state index in [4.69, 9.17) is 4.74 Å². The van der Waals surface area contributed by atoms with E-state index in [1.54, 1.807) is 18.3 Å². The van der Waals surface area contributed by atoms with Gasteiger partial charge in [0.05, 0.1) is 16.0 Å². The Kier molecular flexibility index (Phi) is 6.42. The number of hydrogen-bond donors (Lipinski definition) is 1. The van der Waals surface area contributed by atoms with E-state index in [9.17, 15) is 14.9 Å². The van der Waals surface area contributed by atoms with Gasteiger partial charge in [0, 0.05) is 27.8 Å². The van der Waals surface area contributed by atoms with Crippen LogP contribution in [0.15, 0.2) is 90.0 Å². The molecule has 0 atom stereocenters. The number of nitrogens with one attached hydrogen (secondary N) is 1. The molecule has 0 bridgehead atoms. The summed E-state index contributed by atoms with van der Waals surface area (Å²) < 4.78 is 6.91. The maximum Gasteiger partial charge on any atom is 0.281 e. The van der Waals surface area contributed by atoms with Gasteiger partial charge in [0.25, 0.3) is 11.6 Å². The summed E-state index contributed by atoms with van der Waals surface area (Å²) in [5, 5.41) is 17.8. The maximum absolute atomic E-state index is 12.7. The zero-order chi connectivity index (χ0) is 25.1. The Morgan fingerprint density at radius 3 is 2.64 bits per heavy atom. The largest absolute Gasteiger partial charge is 0.488 e. The predicted octanol–water partition coefficient (Wildman–Crippen LogP) is 6.61. The van der Waals surface area contributed by atoms with Gasteiger partial charge in [0.15, 0.2) is 0 Å². The van der Waals surface area contributed by atoms with Crippen molar-refractivity contribution >= 4 is 50.0 Å². The van der Waals surface area contributed by atoms with Gasteiger partial charge in [-0.3, -0.25) is 14.9 Å². The van der Waals surface area contributed by atoms with Crippen LogP contribution in [0.25, 0.3) is 20.9 Å². The molecule has 0 aliphatic rings. The standard InChI is InChI=1S/C28H21N3O4S/c1-18-6-8-19(9-7-18)17-35-25-12-10-20-4-2-3-5-23(20)24(25)16-29-30-28(32)27-15-21-14-22(31(33)34)11-13-26(21)36-27/h2-16H,17H2,1H3,(H,30,32). The third-order valence-corrected chi connectivity index (χ3v) is 6.85. The number of hydrazone groups is 1. The first-order chi connectivity index (χ1) is 17.5. The Hall–Kier alpha value is -4.56. The molecule has 0 radical (unpaired) electrons. The van der Waals surface area contributed by atoms with Gasteiger partial charge in [-0.25, -0.2) is 5.43 Å². The third kappa shape index (κ3) is 4.94. The van der Waals surface area contributed by atoms with Crippen molar-refractivity contribution in [2.75, 3.05) is 0 Å². The summed E-state index contributed by atoms with van der Waals surface area (Å²) in [6.07, 6.45) is 1.59. The number of non-ortho nitro benzene ring substituents is 1. The van der Waals surface area contributed by atoms with Gasteiger partial charge in [0.1, 0.15) is 12.4 Å². The quantitative estimate of drug-likeness (QED) is 0.156. The van der Waals surface area contributed by atoms with E-state index in [1.807, 2.05) is 67.6 Å². The van der Waals surface area contributed by atoms with Crippen LogP contribution in [0.4, 0.5) is 5.69 Å². The van der Waals surface area contributed by atoms with Crippen molar-refractivity contribution < 1.29 is 14.5 Å². The summed E-state index contributed by atoms with van der Waals surface area (Å²) in [4.78, 5) is 23.7. The minimum atomic E-state index is -0.455. The minimum Gasteiger partial charge on any atom is -0.488 e. The fourth-order valence-electron chi connectivity index (χ4n) is 3.85. The maximum atomic E-state index is 12.7. The lowest BCUT2D eigenvalue weighted by molar-refractivity contribution is -0.384. The molecule has 1 aromatic heterocycles. The molecule has 0 unspecified atom stereocenters. The van der Waals surface area contributed by atoms with E-state index in [0.29, 0.717) is 22.6 Å². The van der Waals surface area contributed by atoms with Crippen molar-refractivity contribution in [3.63, 3.8) is 0 Å². The molecule has 0 saturated carbocycles. The molecule has 8 heteroatoms. The number of thiophene rings is 1. The van der Waals surface area contributed by atoms with Gasteiger partial charge >= 0.3 is 0 Å². The molecular weight excluding hydrogens is 474 g/mol. The number of amides is 1. The Morgan fingerprint density at radius 2 is 1.83 bits per heavy atom. The fraction of sp³-hybridized carbons (Fsp3) is 0.0714. The van der Waals surface area contributed by atoms with E-state index in [0.717, 1.165) is 26.6 Å². The van der Waals surface area contributed by atoms with Crippen molar-refractivity contribution in [2.45, 2.75) is 13.5 Å². The van der Waals surface area contributed by atoms with Gasteiger partial charge in [-0.2, -0.15) is 5.10 Å². The lowest BCUT2D eigenvalue weighted by Gasteiger charge is -2.12. The molecule has 36 heavy (non-hydrogen) atoms. The second-order valence-corrected chi connectivity index (χ2v) is 9.35. The summed E-state index contributed by atoms with van der Waals surface area (Å²) in [6.45, 7) is 2.44. The van der Waals surface area contributed by atoms with Crippen LogP contribution in [0.3, 0.4) is 0 Å². The second-order valence-electron chi connectivity index (χ2n) is 8.26. The highest BCUT2D eigenvalue weighted by molar-refractivity contribution is 7.20. The summed E-state index contributed by atoms with van der Waals surface area (Å²) in [6, 6.07) is 26.1. The molecule has 0 aliphatic heterocycles. The van der Waals surface area contributed by atoms with Crippen molar-refractivity contribution in [2.24, 2.45) is 5.10 Å². The van der Waals surface area contributed by atoms with E-state index < -0.39 is 10.8 Å². The summed E-state index contributed by atoms with van der Waals surface area (Å²) in [5.74, 6) is 0.263. The average Bonchev–Trinajstić information content (AvgIpc) is 3.32. The zero-order valence-electron chi connectivity index (χ0n) is 19.3. The number of aryl methyl sites for hydroxylation is 1. The summed E-state index contributed by atoms with van der Waals surface area (Å²) in [7, 11) is 0. The van der Waals surface area contributed by atoms with Gasteiger partial charge in [-0.15, -0.1) is 11.3 Å². The topological polar surface area (TPSA) is 93.8 Å². The molecule has 1 amide bonds. The third-order valence-electron chi connectivity index (χ3n) is 5.74. The molecule has 0 spiro atoms. The summed E-state index contributed by atoms with van der Waals surface area (Å²) >= 11 is 1.25. The van der Waals surface area contributed by atoms with Crippen LogP contribution >= 0.6 is 11.3 Å². The molecule has 4 aromatic carbocycles. The predicted molar refractivity (Wildman–Crippen MR) is 143 cm³/mol. The average molecular weight is 496 g/mol. The van der Waals surface area contributed by atoms with Crippen LogP contribution in [0, 0.1) is 17.0 Å². The Morgan fingerprint density at radius 1 is 1.03 bits per heavy atom. The van der Waals surface area contributed by atoms with Crippen LogP contribution in [0.2, 0.25) is 0 Å². The monoisotopic (exact) mass is 495 g/mol. The van der Waals surface area contributed by atoms with Crippen LogP contribution in [0.5, 0.6) is 5.75 Å². The number of nitrogens with zero attached hydrogens (tertiary/aromatic N) is 2. The molecule has 0 aliphatic carbocycles. The second kappa shape index (κ2) is 9.97. The van der Waals surface area contributed by atoms with E-state index in [2.05, 4.69) is 10.5 Å². The Labute approximate surface area is 210 Å². The van der Waals surface area contributed by atoms with Crippen LogP contribution in [-0.4, -0.2) is 17.0 Å². The van der Waals surface area contributed by atoms with Crippen molar-refractivity contribution in [1.29, 1.82) is 0 Å². The zero-order valence-corrected chi connectivity index (χ0v) is 20.1. The molecular formula is C28H21N3O4S. The van der Waals surface area contributed by atoms with Gasteiger partial charge < -0.3 is 4.74 Å². The van der Waals surface area contributed by atoms with Crippen LogP contribution < -0.4 is 10.2 Å². The number of rotatable bonds is 7. The molecule has 7 nitrogen and oxygen atoms in total. The highest BCUT2D eigenvalue weighted by Crippen LogP contribution is 2.29. The van der Waals surface area contributed by atoms with Gasteiger partial charge in [0.2, 0.25) is 0 Å². The van der Waals surface area contributed by atoms with Crippen molar-refractivity contribution in [3.05, 3.63) is 117 Å². The lowest BCUT2D eigenvalue weighted by atomic mass is 10.0. The number of nitro benzene ring substituents is 1. The Balaban J connectivity index is 1.38. The van der Waals surface area contributed by atoms with E-state index >= 15 is 0 Å². The molecule has 0 saturated heterocycles. The number of fused-ring (bicyclic) bond motifs is 2. The van der Waals surface area contributed by atoms with Crippen LogP contribution in [-0.2, 0) is 6.61 Å². The highest BCUT2D eigenvalue weighted by Gasteiger charge is 2.13. The number of benzene rings is 4.